The van der Waals surface area contributed by atoms with Crippen LogP contribution in [0.1, 0.15) is 11.3 Å². The van der Waals surface area contributed by atoms with Crippen LogP contribution in [0, 0.1) is 11.8 Å². The Morgan fingerprint density at radius 1 is 1.42 bits per heavy atom. The molecule has 0 aromatic carbocycles. The summed E-state index contributed by atoms with van der Waals surface area (Å²) in [7, 11) is 0. The van der Waals surface area contributed by atoms with Crippen LogP contribution in [0.2, 0.25) is 5.02 Å². The number of hydrogen-bond acceptors (Lipinski definition) is 3. The van der Waals surface area contributed by atoms with Gasteiger partial charge in [0, 0.05) is 42.9 Å². The zero-order valence-corrected chi connectivity index (χ0v) is 13.0. The minimum absolute atomic E-state index is 0. The van der Waals surface area contributed by atoms with Crippen LogP contribution in [0.5, 0.6) is 0 Å². The van der Waals surface area contributed by atoms with Crippen LogP contribution in [0.3, 0.4) is 0 Å². The highest BCUT2D eigenvalue weighted by Crippen LogP contribution is 2.27. The Bertz CT molecular complexity index is 440. The van der Waals surface area contributed by atoms with Crippen molar-refractivity contribution in [1.82, 2.24) is 10.2 Å². The molecule has 2 fully saturated rings. The summed E-state index contributed by atoms with van der Waals surface area (Å²) in [5.74, 6) is 1.67. The number of nitrogens with zero attached hydrogens (tertiary/aromatic N) is 1. The van der Waals surface area contributed by atoms with E-state index in [1.54, 1.807) is 11.3 Å². The summed E-state index contributed by atoms with van der Waals surface area (Å²) in [6.07, 6.45) is 1.43. The molecule has 0 aliphatic carbocycles. The number of thiophene rings is 1. The van der Waals surface area contributed by atoms with E-state index in [-0.39, 0.29) is 12.4 Å². The highest BCUT2D eigenvalue weighted by Gasteiger charge is 2.37. The second-order valence-electron chi connectivity index (χ2n) is 5.21. The Balaban J connectivity index is 0.00000133. The lowest BCUT2D eigenvalue weighted by atomic mass is 10.0. The SMILES string of the molecule is Cl.O=C(CCc1cc(Cl)cs1)N1C[C@H]2CNC[C@H]2C1. The molecule has 1 N–H and O–H groups in total. The van der Waals surface area contributed by atoms with Gasteiger partial charge >= 0.3 is 0 Å². The maximum Gasteiger partial charge on any atom is 0.222 e. The summed E-state index contributed by atoms with van der Waals surface area (Å²) in [5.41, 5.74) is 0. The molecule has 0 bridgehead atoms. The second-order valence-corrected chi connectivity index (χ2v) is 6.64. The highest BCUT2D eigenvalue weighted by molar-refractivity contribution is 7.10. The Labute approximate surface area is 128 Å². The Morgan fingerprint density at radius 3 is 2.68 bits per heavy atom. The molecule has 0 spiro atoms. The number of halogens is 2. The van der Waals surface area contributed by atoms with Crippen LogP contribution in [0.15, 0.2) is 11.4 Å². The van der Waals surface area contributed by atoms with Crippen LogP contribution >= 0.6 is 35.3 Å². The van der Waals surface area contributed by atoms with E-state index < -0.39 is 0 Å². The lowest BCUT2D eigenvalue weighted by molar-refractivity contribution is -0.130. The number of fused-ring (bicyclic) bond motifs is 1. The van der Waals surface area contributed by atoms with E-state index in [0.717, 1.165) is 37.6 Å². The molecule has 3 rings (SSSR count). The van der Waals surface area contributed by atoms with Crippen LogP contribution < -0.4 is 5.32 Å². The standard InChI is InChI=1S/C13H17ClN2OS.ClH/c14-11-3-12(18-8-11)1-2-13(17)16-6-9-4-15-5-10(9)7-16;/h3,8-10,15H,1-2,4-7H2;1H/t9-,10+;. The van der Waals surface area contributed by atoms with Crippen molar-refractivity contribution in [2.75, 3.05) is 26.2 Å². The van der Waals surface area contributed by atoms with Crippen molar-refractivity contribution in [1.29, 1.82) is 0 Å². The summed E-state index contributed by atoms with van der Waals surface area (Å²) in [4.78, 5) is 15.4. The number of nitrogens with one attached hydrogen (secondary N) is 1. The molecule has 3 heterocycles. The van der Waals surface area contributed by atoms with E-state index >= 15 is 0 Å². The Hall–Kier alpha value is -0.290. The lowest BCUT2D eigenvalue weighted by Crippen LogP contribution is -2.31. The van der Waals surface area contributed by atoms with Crippen molar-refractivity contribution in [2.45, 2.75) is 12.8 Å². The van der Waals surface area contributed by atoms with Gasteiger partial charge in [-0.25, -0.2) is 0 Å². The third-order valence-corrected chi connectivity index (χ3v) is 5.29. The molecule has 0 unspecified atom stereocenters. The molecular weight excluding hydrogens is 303 g/mol. The van der Waals surface area contributed by atoms with Gasteiger partial charge in [-0.3, -0.25) is 4.79 Å². The first-order valence-electron chi connectivity index (χ1n) is 6.44. The molecular formula is C13H18Cl2N2OS. The molecule has 1 amide bonds. The van der Waals surface area contributed by atoms with E-state index in [1.807, 2.05) is 16.3 Å². The van der Waals surface area contributed by atoms with Gasteiger partial charge in [0.2, 0.25) is 5.91 Å². The fraction of sp³-hybridized carbons (Fsp3) is 0.615. The predicted molar refractivity (Wildman–Crippen MR) is 81.3 cm³/mol. The first kappa shape index (κ1) is 15.1. The molecule has 1 aromatic heterocycles. The minimum Gasteiger partial charge on any atom is -0.342 e. The van der Waals surface area contributed by atoms with Gasteiger partial charge in [0.05, 0.1) is 5.02 Å². The molecule has 2 saturated heterocycles. The summed E-state index contributed by atoms with van der Waals surface area (Å²) in [6.45, 7) is 4.05. The number of carbonyl (C=O) groups is 1. The maximum atomic E-state index is 12.1. The van der Waals surface area contributed by atoms with Crippen molar-refractivity contribution >= 4 is 41.3 Å². The van der Waals surface area contributed by atoms with Gasteiger partial charge in [-0.2, -0.15) is 0 Å². The molecule has 2 aliphatic heterocycles. The van der Waals surface area contributed by atoms with Crippen LogP contribution in [-0.2, 0) is 11.2 Å². The highest BCUT2D eigenvalue weighted by atomic mass is 35.5. The molecule has 106 valence electrons. The molecule has 3 nitrogen and oxygen atoms in total. The van der Waals surface area contributed by atoms with Crippen molar-refractivity contribution < 1.29 is 4.79 Å². The van der Waals surface area contributed by atoms with Crippen LogP contribution in [0.4, 0.5) is 0 Å². The Kier molecular flexibility index (Phi) is 5.12. The number of carbonyl (C=O) groups excluding carboxylic acids is 1. The predicted octanol–water partition coefficient (Wildman–Crippen LogP) is 2.43. The second kappa shape index (κ2) is 6.44. The maximum absolute atomic E-state index is 12.1. The first-order valence-corrected chi connectivity index (χ1v) is 7.69. The van der Waals surface area contributed by atoms with Crippen molar-refractivity contribution in [3.63, 3.8) is 0 Å². The first-order chi connectivity index (χ1) is 8.72. The normalized spacial score (nSPS) is 25.2. The van der Waals surface area contributed by atoms with Crippen LogP contribution in [0.25, 0.3) is 0 Å². The number of hydrogen-bond donors (Lipinski definition) is 1. The average Bonchev–Trinajstić information content (AvgIpc) is 3.00. The van der Waals surface area contributed by atoms with E-state index in [0.29, 0.717) is 24.2 Å². The molecule has 19 heavy (non-hydrogen) atoms. The molecule has 0 saturated carbocycles. The molecule has 6 heteroatoms. The third kappa shape index (κ3) is 3.43. The van der Waals surface area contributed by atoms with Crippen molar-refractivity contribution in [3.05, 3.63) is 21.3 Å². The summed E-state index contributed by atoms with van der Waals surface area (Å²) in [5, 5.41) is 6.10. The molecule has 1 aromatic rings. The van der Waals surface area contributed by atoms with Crippen molar-refractivity contribution in [3.8, 4) is 0 Å². The average molecular weight is 321 g/mol. The summed E-state index contributed by atoms with van der Waals surface area (Å²) >= 11 is 7.51. The zero-order chi connectivity index (χ0) is 12.5. The summed E-state index contributed by atoms with van der Waals surface area (Å²) < 4.78 is 0. The van der Waals surface area contributed by atoms with Crippen LogP contribution in [-0.4, -0.2) is 37.0 Å². The largest absolute Gasteiger partial charge is 0.342 e. The minimum atomic E-state index is 0. The van der Waals surface area contributed by atoms with Gasteiger partial charge < -0.3 is 10.2 Å². The summed E-state index contributed by atoms with van der Waals surface area (Å²) in [6, 6.07) is 1.96. The number of amides is 1. The molecule has 0 radical (unpaired) electrons. The lowest BCUT2D eigenvalue weighted by Gasteiger charge is -2.17. The fourth-order valence-electron chi connectivity index (χ4n) is 2.93. The topological polar surface area (TPSA) is 32.3 Å². The van der Waals surface area contributed by atoms with Gasteiger partial charge in [-0.05, 0) is 24.3 Å². The zero-order valence-electron chi connectivity index (χ0n) is 10.6. The van der Waals surface area contributed by atoms with Gasteiger partial charge in [0.15, 0.2) is 0 Å². The van der Waals surface area contributed by atoms with Gasteiger partial charge in [-0.15, -0.1) is 23.7 Å². The number of aryl methyl sites for hydroxylation is 1. The smallest absolute Gasteiger partial charge is 0.222 e. The van der Waals surface area contributed by atoms with Gasteiger partial charge in [0.1, 0.15) is 0 Å². The fourth-order valence-corrected chi connectivity index (χ4v) is 4.01. The van der Waals surface area contributed by atoms with Crippen molar-refractivity contribution in [2.24, 2.45) is 11.8 Å². The molecule has 2 aliphatic rings. The third-order valence-electron chi connectivity index (χ3n) is 3.95. The number of likely N-dealkylation sites (tertiary alicyclic amines) is 1. The van der Waals surface area contributed by atoms with E-state index in [9.17, 15) is 4.79 Å². The quantitative estimate of drug-likeness (QED) is 0.927. The van der Waals surface area contributed by atoms with E-state index in [2.05, 4.69) is 5.32 Å². The van der Waals surface area contributed by atoms with E-state index in [1.165, 1.54) is 4.88 Å². The monoisotopic (exact) mass is 320 g/mol. The number of rotatable bonds is 3. The van der Waals surface area contributed by atoms with E-state index in [4.69, 9.17) is 11.6 Å². The van der Waals surface area contributed by atoms with Gasteiger partial charge in [-0.1, -0.05) is 11.6 Å². The molecule has 2 atom stereocenters. The Morgan fingerprint density at radius 2 is 2.11 bits per heavy atom. The van der Waals surface area contributed by atoms with Gasteiger partial charge in [0.25, 0.3) is 0 Å².